The number of sulfonamides is 1. The Morgan fingerprint density at radius 2 is 1.60 bits per heavy atom. The van der Waals surface area contributed by atoms with Crippen molar-refractivity contribution in [3.8, 4) is 5.69 Å². The number of carbonyl (C=O) groups is 1. The molecule has 2 N–H and O–H groups in total. The second-order valence-electron chi connectivity index (χ2n) is 8.01. The monoisotopic (exact) mass is 510 g/mol. The lowest BCUT2D eigenvalue weighted by atomic mass is 10.2. The molecule has 0 aliphatic heterocycles. The number of benzene rings is 3. The Hall–Kier alpha value is -3.82. The van der Waals surface area contributed by atoms with E-state index in [-0.39, 0.29) is 21.2 Å². The fraction of sp³-hybridized carbons (Fsp3) is 0.120. The first-order valence-electron chi connectivity index (χ1n) is 10.6. The molecule has 0 aliphatic carbocycles. The maximum Gasteiger partial charge on any atom is 0.295 e. The first-order valence-corrected chi connectivity index (χ1v) is 12.5. The normalized spacial score (nSPS) is 11.3. The Kier molecular flexibility index (Phi) is 6.56. The molecule has 0 fully saturated rings. The van der Waals surface area contributed by atoms with Crippen LogP contribution < -0.4 is 15.6 Å². The van der Waals surface area contributed by atoms with Crippen LogP contribution in [0.5, 0.6) is 0 Å². The van der Waals surface area contributed by atoms with Crippen molar-refractivity contribution in [1.82, 2.24) is 9.36 Å². The summed E-state index contributed by atoms with van der Waals surface area (Å²) in [5, 5.41) is 2.59. The topological polar surface area (TPSA) is 102 Å². The summed E-state index contributed by atoms with van der Waals surface area (Å²) in [6.45, 7) is 3.60. The predicted molar refractivity (Wildman–Crippen MR) is 137 cm³/mol. The third-order valence-corrected chi connectivity index (χ3v) is 7.44. The molecule has 0 spiro atoms. The van der Waals surface area contributed by atoms with Gasteiger partial charge in [-0.3, -0.25) is 19.0 Å². The van der Waals surface area contributed by atoms with Crippen LogP contribution in [-0.2, 0) is 17.1 Å². The Morgan fingerprint density at radius 3 is 2.26 bits per heavy atom. The van der Waals surface area contributed by atoms with Crippen molar-refractivity contribution in [2.24, 2.45) is 7.05 Å². The zero-order valence-corrected chi connectivity index (χ0v) is 20.8. The van der Waals surface area contributed by atoms with Crippen molar-refractivity contribution >= 4 is 38.9 Å². The molecule has 0 atom stereocenters. The van der Waals surface area contributed by atoms with Gasteiger partial charge < -0.3 is 5.32 Å². The highest BCUT2D eigenvalue weighted by atomic mass is 35.5. The van der Waals surface area contributed by atoms with Gasteiger partial charge in [0.05, 0.1) is 16.4 Å². The molecule has 180 valence electrons. The highest BCUT2D eigenvalue weighted by Crippen LogP contribution is 2.26. The minimum atomic E-state index is -4.07. The number of nitrogens with zero attached hydrogens (tertiary/aromatic N) is 2. The lowest BCUT2D eigenvalue weighted by Crippen LogP contribution is -2.23. The Bertz CT molecular complexity index is 1570. The summed E-state index contributed by atoms with van der Waals surface area (Å²) in [6, 6.07) is 19.7. The molecule has 1 amide bonds. The van der Waals surface area contributed by atoms with Crippen LogP contribution in [0.2, 0.25) is 5.02 Å². The highest BCUT2D eigenvalue weighted by Gasteiger charge is 2.23. The van der Waals surface area contributed by atoms with Crippen LogP contribution in [-0.4, -0.2) is 23.7 Å². The second kappa shape index (κ2) is 9.44. The lowest BCUT2D eigenvalue weighted by Gasteiger charge is -2.11. The number of hydrogen-bond donors (Lipinski definition) is 2. The first kappa shape index (κ1) is 24.3. The van der Waals surface area contributed by atoms with Gasteiger partial charge in [-0.15, -0.1) is 0 Å². The van der Waals surface area contributed by atoms with Gasteiger partial charge in [-0.2, -0.15) is 0 Å². The predicted octanol–water partition coefficient (Wildman–Crippen LogP) is 4.50. The van der Waals surface area contributed by atoms with Crippen LogP contribution in [0.15, 0.2) is 82.5 Å². The summed E-state index contributed by atoms with van der Waals surface area (Å²) in [5.41, 5.74) is 2.24. The van der Waals surface area contributed by atoms with E-state index in [9.17, 15) is 18.0 Å². The number of aromatic nitrogens is 2. The number of para-hydroxylation sites is 1. The molecule has 0 saturated carbocycles. The molecule has 4 aromatic rings. The van der Waals surface area contributed by atoms with Gasteiger partial charge in [0, 0.05) is 18.3 Å². The van der Waals surface area contributed by atoms with E-state index in [2.05, 4.69) is 10.0 Å². The van der Waals surface area contributed by atoms with Gasteiger partial charge in [0.1, 0.15) is 10.6 Å². The summed E-state index contributed by atoms with van der Waals surface area (Å²) in [5.74, 6) is -0.639. The van der Waals surface area contributed by atoms with Crippen molar-refractivity contribution in [2.75, 3.05) is 10.0 Å². The molecule has 35 heavy (non-hydrogen) atoms. The standard InChI is InChI=1S/C25H23ClN4O4S/c1-16-9-12-19(13-10-16)28-35(33,34)22-15-18(11-14-21(22)26)24(31)27-23-17(2)29(3)30(25(23)32)20-7-5-4-6-8-20/h4-15,28H,1-3H3,(H,27,31). The zero-order valence-electron chi connectivity index (χ0n) is 19.2. The van der Waals surface area contributed by atoms with E-state index in [1.807, 2.05) is 25.1 Å². The molecule has 3 aromatic carbocycles. The van der Waals surface area contributed by atoms with E-state index in [1.165, 1.54) is 22.9 Å². The van der Waals surface area contributed by atoms with Gasteiger partial charge in [-0.05, 0) is 56.3 Å². The van der Waals surface area contributed by atoms with Crippen LogP contribution in [0.3, 0.4) is 0 Å². The SMILES string of the molecule is Cc1ccc(NS(=O)(=O)c2cc(C(=O)Nc3c(C)n(C)n(-c4ccccc4)c3=O)ccc2Cl)cc1. The lowest BCUT2D eigenvalue weighted by molar-refractivity contribution is 0.102. The summed E-state index contributed by atoms with van der Waals surface area (Å²) in [4.78, 5) is 25.9. The number of anilines is 2. The van der Waals surface area contributed by atoms with E-state index in [4.69, 9.17) is 11.6 Å². The number of halogens is 1. The quantitative estimate of drug-likeness (QED) is 0.398. The summed E-state index contributed by atoms with van der Waals surface area (Å²) in [6.07, 6.45) is 0. The van der Waals surface area contributed by atoms with E-state index < -0.39 is 21.5 Å². The Balaban J connectivity index is 1.65. The largest absolute Gasteiger partial charge is 0.316 e. The van der Waals surface area contributed by atoms with E-state index in [1.54, 1.807) is 55.1 Å². The molecule has 8 nitrogen and oxygen atoms in total. The molecule has 0 bridgehead atoms. The second-order valence-corrected chi connectivity index (χ2v) is 10.1. The molecule has 1 heterocycles. The van der Waals surface area contributed by atoms with Gasteiger partial charge in [0.15, 0.2) is 0 Å². The van der Waals surface area contributed by atoms with Crippen molar-refractivity contribution in [3.05, 3.63) is 105 Å². The number of amides is 1. The highest BCUT2D eigenvalue weighted by molar-refractivity contribution is 7.92. The maximum atomic E-state index is 13.1. The zero-order chi connectivity index (χ0) is 25.3. The molecular weight excluding hydrogens is 488 g/mol. The van der Waals surface area contributed by atoms with Crippen molar-refractivity contribution in [3.63, 3.8) is 0 Å². The van der Waals surface area contributed by atoms with Crippen LogP contribution >= 0.6 is 11.6 Å². The maximum absolute atomic E-state index is 13.1. The smallest absolute Gasteiger partial charge is 0.295 e. The molecule has 0 saturated heterocycles. The van der Waals surface area contributed by atoms with Crippen LogP contribution in [0.4, 0.5) is 11.4 Å². The number of nitrogens with one attached hydrogen (secondary N) is 2. The molecular formula is C25H23ClN4O4S. The number of rotatable bonds is 6. The van der Waals surface area contributed by atoms with Crippen LogP contribution in [0, 0.1) is 13.8 Å². The average molecular weight is 511 g/mol. The molecule has 10 heteroatoms. The van der Waals surface area contributed by atoms with E-state index >= 15 is 0 Å². The third-order valence-electron chi connectivity index (χ3n) is 5.58. The summed E-state index contributed by atoms with van der Waals surface area (Å²) < 4.78 is 31.5. The molecule has 0 radical (unpaired) electrons. The van der Waals surface area contributed by atoms with Gasteiger partial charge >= 0.3 is 0 Å². The number of hydrogen-bond acceptors (Lipinski definition) is 4. The fourth-order valence-electron chi connectivity index (χ4n) is 3.58. The molecule has 4 rings (SSSR count). The average Bonchev–Trinajstić information content (AvgIpc) is 3.04. The van der Waals surface area contributed by atoms with E-state index in [0.29, 0.717) is 17.1 Å². The van der Waals surface area contributed by atoms with Crippen LogP contribution in [0.25, 0.3) is 5.69 Å². The first-order chi connectivity index (χ1) is 16.6. The molecule has 1 aromatic heterocycles. The van der Waals surface area contributed by atoms with Gasteiger partial charge in [0.2, 0.25) is 0 Å². The summed E-state index contributed by atoms with van der Waals surface area (Å²) >= 11 is 6.17. The minimum Gasteiger partial charge on any atom is -0.316 e. The summed E-state index contributed by atoms with van der Waals surface area (Å²) in [7, 11) is -2.36. The Labute approximate surface area is 207 Å². The Morgan fingerprint density at radius 1 is 0.943 bits per heavy atom. The van der Waals surface area contributed by atoms with Crippen LogP contribution in [0.1, 0.15) is 21.6 Å². The fourth-order valence-corrected chi connectivity index (χ4v) is 5.17. The number of carbonyl (C=O) groups excluding carboxylic acids is 1. The number of aryl methyl sites for hydroxylation is 1. The third kappa shape index (κ3) is 4.87. The van der Waals surface area contributed by atoms with Crippen molar-refractivity contribution in [2.45, 2.75) is 18.7 Å². The molecule has 0 aliphatic rings. The van der Waals surface area contributed by atoms with Gasteiger partial charge in [-0.1, -0.05) is 47.5 Å². The van der Waals surface area contributed by atoms with E-state index in [0.717, 1.165) is 5.56 Å². The van der Waals surface area contributed by atoms with Gasteiger partial charge in [-0.25, -0.2) is 13.1 Å². The minimum absolute atomic E-state index is 0.0348. The van der Waals surface area contributed by atoms with Crippen molar-refractivity contribution in [1.29, 1.82) is 0 Å². The molecule has 0 unspecified atom stereocenters. The van der Waals surface area contributed by atoms with Gasteiger partial charge in [0.25, 0.3) is 21.5 Å². The van der Waals surface area contributed by atoms with Crippen molar-refractivity contribution < 1.29 is 13.2 Å².